The Bertz CT molecular complexity index is 1520. The van der Waals surface area contributed by atoms with Crippen molar-refractivity contribution in [3.63, 3.8) is 0 Å². The first-order chi connectivity index (χ1) is 17.1. The van der Waals surface area contributed by atoms with Gasteiger partial charge in [-0.25, -0.2) is 8.42 Å². The van der Waals surface area contributed by atoms with Gasteiger partial charge in [0.15, 0.2) is 0 Å². The number of thioether (sulfide) groups is 1. The van der Waals surface area contributed by atoms with Crippen molar-refractivity contribution in [2.45, 2.75) is 29.7 Å². The highest BCUT2D eigenvalue weighted by Crippen LogP contribution is 2.39. The molecule has 4 aromatic rings. The molecule has 8 nitrogen and oxygen atoms in total. The summed E-state index contributed by atoms with van der Waals surface area (Å²) in [6.45, 7) is 3.89. The maximum atomic E-state index is 13.2. The molecule has 186 valence electrons. The topological polar surface area (TPSA) is 126 Å². The SMILES string of the molecule is CC(C)Oc1cccc(-c2ccc(S(=O)(=O)Nc3cc(SCC(=O)O)c(O)c4cccnc34)cc2)c1. The number of benzene rings is 3. The fourth-order valence-corrected chi connectivity index (χ4v) is 5.37. The number of sulfonamides is 1. The van der Waals surface area contributed by atoms with Crippen LogP contribution in [-0.4, -0.2) is 41.4 Å². The van der Waals surface area contributed by atoms with Gasteiger partial charge in [-0.15, -0.1) is 11.8 Å². The number of aromatic hydroxyl groups is 1. The highest BCUT2D eigenvalue weighted by molar-refractivity contribution is 8.00. The lowest BCUT2D eigenvalue weighted by molar-refractivity contribution is -0.133. The molecule has 1 aromatic heterocycles. The summed E-state index contributed by atoms with van der Waals surface area (Å²) in [5.74, 6) is -0.783. The van der Waals surface area contributed by atoms with Gasteiger partial charge < -0.3 is 14.9 Å². The van der Waals surface area contributed by atoms with Crippen LogP contribution >= 0.6 is 11.8 Å². The molecule has 1 heterocycles. The van der Waals surface area contributed by atoms with Crippen LogP contribution in [0.1, 0.15) is 13.8 Å². The Labute approximate surface area is 213 Å². The van der Waals surface area contributed by atoms with Crippen LogP contribution in [0.3, 0.4) is 0 Å². The number of nitrogens with one attached hydrogen (secondary N) is 1. The highest BCUT2D eigenvalue weighted by Gasteiger charge is 2.20. The smallest absolute Gasteiger partial charge is 0.313 e. The number of carboxylic acid groups (broad SMARTS) is 1. The molecule has 0 bridgehead atoms. The average molecular weight is 525 g/mol. The van der Waals surface area contributed by atoms with E-state index >= 15 is 0 Å². The Morgan fingerprint density at radius 1 is 1.06 bits per heavy atom. The molecular formula is C26H24N2O6S2. The molecule has 3 aromatic carbocycles. The number of phenolic OH excluding ortho intramolecular Hbond substituents is 1. The van der Waals surface area contributed by atoms with Gasteiger partial charge in [0, 0.05) is 11.6 Å². The van der Waals surface area contributed by atoms with Gasteiger partial charge in [0.2, 0.25) is 0 Å². The maximum Gasteiger partial charge on any atom is 0.313 e. The zero-order valence-corrected chi connectivity index (χ0v) is 21.1. The minimum atomic E-state index is -4.01. The fourth-order valence-electron chi connectivity index (χ4n) is 3.59. The number of anilines is 1. The van der Waals surface area contributed by atoms with E-state index in [0.29, 0.717) is 5.39 Å². The van der Waals surface area contributed by atoms with Crippen molar-refractivity contribution < 1.29 is 28.2 Å². The molecular weight excluding hydrogens is 500 g/mol. The summed E-state index contributed by atoms with van der Waals surface area (Å²) in [6.07, 6.45) is 1.52. The van der Waals surface area contributed by atoms with Gasteiger partial charge in [0.1, 0.15) is 11.5 Å². The third-order valence-electron chi connectivity index (χ3n) is 5.13. The van der Waals surface area contributed by atoms with E-state index in [1.54, 1.807) is 24.3 Å². The molecule has 0 spiro atoms. The minimum absolute atomic E-state index is 0.0346. The van der Waals surface area contributed by atoms with Gasteiger partial charge in [-0.3, -0.25) is 14.5 Å². The number of phenols is 1. The Morgan fingerprint density at radius 3 is 2.50 bits per heavy atom. The van der Waals surface area contributed by atoms with Crippen molar-refractivity contribution >= 4 is 44.3 Å². The standard InChI is InChI=1S/C26H24N2O6S2/c1-16(2)34-19-6-3-5-18(13-19)17-8-10-20(11-9-17)36(32,33)28-22-14-23(35-15-24(29)30)26(31)21-7-4-12-27-25(21)22/h3-14,16,28,31H,15H2,1-2H3,(H,29,30). The molecule has 0 amide bonds. The van der Waals surface area contributed by atoms with E-state index in [2.05, 4.69) is 9.71 Å². The third-order valence-corrected chi connectivity index (χ3v) is 7.52. The van der Waals surface area contributed by atoms with Crippen LogP contribution < -0.4 is 9.46 Å². The number of rotatable bonds is 9. The number of hydrogen-bond donors (Lipinski definition) is 3. The van der Waals surface area contributed by atoms with Gasteiger partial charge in [-0.05, 0) is 67.4 Å². The zero-order valence-electron chi connectivity index (χ0n) is 19.5. The summed E-state index contributed by atoms with van der Waals surface area (Å²) in [5, 5.41) is 19.9. The van der Waals surface area contributed by atoms with E-state index < -0.39 is 16.0 Å². The molecule has 0 fully saturated rings. The van der Waals surface area contributed by atoms with Gasteiger partial charge in [0.05, 0.1) is 32.9 Å². The Kier molecular flexibility index (Phi) is 7.37. The number of aliphatic carboxylic acids is 1. The molecule has 0 atom stereocenters. The highest BCUT2D eigenvalue weighted by atomic mass is 32.2. The monoisotopic (exact) mass is 524 g/mol. The predicted octanol–water partition coefficient (Wildman–Crippen LogP) is 5.37. The van der Waals surface area contributed by atoms with Crippen LogP contribution in [0.4, 0.5) is 5.69 Å². The Morgan fingerprint density at radius 2 is 1.81 bits per heavy atom. The molecule has 0 aliphatic carbocycles. The number of pyridine rings is 1. The van der Waals surface area contributed by atoms with E-state index in [-0.39, 0.29) is 38.6 Å². The second-order valence-electron chi connectivity index (χ2n) is 8.18. The molecule has 10 heteroatoms. The number of aromatic nitrogens is 1. The van der Waals surface area contributed by atoms with E-state index in [1.165, 1.54) is 24.4 Å². The molecule has 0 unspecified atom stereocenters. The number of carboxylic acids is 1. The molecule has 4 rings (SSSR count). The lowest BCUT2D eigenvalue weighted by Gasteiger charge is -2.14. The van der Waals surface area contributed by atoms with Crippen molar-refractivity contribution in [2.24, 2.45) is 0 Å². The van der Waals surface area contributed by atoms with Crippen LogP contribution in [0.15, 0.2) is 82.7 Å². The predicted molar refractivity (Wildman–Crippen MR) is 140 cm³/mol. The van der Waals surface area contributed by atoms with Crippen LogP contribution in [-0.2, 0) is 14.8 Å². The normalized spacial score (nSPS) is 11.5. The first kappa shape index (κ1) is 25.3. The summed E-state index contributed by atoms with van der Waals surface area (Å²) in [5.41, 5.74) is 2.10. The van der Waals surface area contributed by atoms with Crippen molar-refractivity contribution in [1.82, 2.24) is 4.98 Å². The third kappa shape index (κ3) is 5.72. The molecule has 0 saturated carbocycles. The minimum Gasteiger partial charge on any atom is -0.506 e. The molecule has 36 heavy (non-hydrogen) atoms. The summed E-state index contributed by atoms with van der Waals surface area (Å²) >= 11 is 0.888. The van der Waals surface area contributed by atoms with Crippen molar-refractivity contribution in [3.8, 4) is 22.6 Å². The van der Waals surface area contributed by atoms with Crippen molar-refractivity contribution in [3.05, 3.63) is 72.9 Å². The van der Waals surface area contributed by atoms with E-state index in [1.807, 2.05) is 38.1 Å². The van der Waals surface area contributed by atoms with Gasteiger partial charge in [-0.2, -0.15) is 0 Å². The number of nitrogens with zero attached hydrogens (tertiary/aromatic N) is 1. The first-order valence-electron chi connectivity index (χ1n) is 11.0. The van der Waals surface area contributed by atoms with Crippen molar-refractivity contribution in [1.29, 1.82) is 0 Å². The van der Waals surface area contributed by atoms with Crippen LogP contribution in [0, 0.1) is 0 Å². The molecule has 0 radical (unpaired) electrons. The van der Waals surface area contributed by atoms with Crippen LogP contribution in [0.25, 0.3) is 22.0 Å². The summed E-state index contributed by atoms with van der Waals surface area (Å²) in [6, 6.07) is 18.6. The summed E-state index contributed by atoms with van der Waals surface area (Å²) < 4.78 is 34.7. The Balaban J connectivity index is 1.65. The number of ether oxygens (including phenoxy) is 1. The van der Waals surface area contributed by atoms with E-state index in [0.717, 1.165) is 28.6 Å². The second kappa shape index (κ2) is 10.5. The first-order valence-corrected chi connectivity index (χ1v) is 13.5. The molecule has 0 aliphatic rings. The summed E-state index contributed by atoms with van der Waals surface area (Å²) in [7, 11) is -4.01. The number of fused-ring (bicyclic) bond motifs is 1. The fraction of sp³-hybridized carbons (Fsp3) is 0.154. The molecule has 0 saturated heterocycles. The lowest BCUT2D eigenvalue weighted by atomic mass is 10.1. The van der Waals surface area contributed by atoms with E-state index in [9.17, 15) is 18.3 Å². The maximum absolute atomic E-state index is 13.2. The lowest BCUT2D eigenvalue weighted by Crippen LogP contribution is -2.13. The number of hydrogen-bond acceptors (Lipinski definition) is 7. The van der Waals surface area contributed by atoms with Crippen LogP contribution in [0.2, 0.25) is 0 Å². The summed E-state index contributed by atoms with van der Waals surface area (Å²) in [4.78, 5) is 15.5. The van der Waals surface area contributed by atoms with Gasteiger partial charge in [-0.1, -0.05) is 24.3 Å². The average Bonchev–Trinajstić information content (AvgIpc) is 2.84. The van der Waals surface area contributed by atoms with Gasteiger partial charge >= 0.3 is 5.97 Å². The second-order valence-corrected chi connectivity index (χ2v) is 10.9. The Hall–Kier alpha value is -3.76. The quantitative estimate of drug-likeness (QED) is 0.197. The van der Waals surface area contributed by atoms with Gasteiger partial charge in [0.25, 0.3) is 10.0 Å². The number of carbonyl (C=O) groups is 1. The largest absolute Gasteiger partial charge is 0.506 e. The molecule has 3 N–H and O–H groups in total. The van der Waals surface area contributed by atoms with Crippen molar-refractivity contribution in [2.75, 3.05) is 10.5 Å². The zero-order chi connectivity index (χ0) is 25.9. The van der Waals surface area contributed by atoms with E-state index in [4.69, 9.17) is 9.84 Å². The molecule has 0 aliphatic heterocycles. The van der Waals surface area contributed by atoms with Crippen LogP contribution in [0.5, 0.6) is 11.5 Å².